The van der Waals surface area contributed by atoms with Crippen molar-refractivity contribution >= 4 is 41.4 Å². The van der Waals surface area contributed by atoms with Gasteiger partial charge in [0.05, 0.1) is 6.10 Å². The van der Waals surface area contributed by atoms with Gasteiger partial charge in [-0.25, -0.2) is 0 Å². The molecule has 0 aromatic carbocycles. The Morgan fingerprint density at radius 2 is 1.55 bits per heavy atom. The van der Waals surface area contributed by atoms with E-state index in [1.165, 1.54) is 18.7 Å². The molecule has 0 aliphatic rings. The SMILES string of the molecule is CSCCC(NC(=O)C(CCC(N)=O)NC(=O)C(N)C(C)O)C(=O)NCC(=O)O. The Kier molecular flexibility index (Phi) is 12.6. The molecule has 0 rings (SSSR count). The van der Waals surface area contributed by atoms with Gasteiger partial charge in [-0.3, -0.25) is 24.0 Å². The van der Waals surface area contributed by atoms with E-state index in [-0.39, 0.29) is 19.3 Å². The molecule has 0 aliphatic heterocycles. The molecular formula is C16H29N5O7S. The van der Waals surface area contributed by atoms with Crippen molar-refractivity contribution in [2.45, 2.75) is 50.4 Å². The first kappa shape index (κ1) is 26.6. The lowest BCUT2D eigenvalue weighted by Crippen LogP contribution is -2.57. The molecule has 4 unspecified atom stereocenters. The minimum Gasteiger partial charge on any atom is -0.480 e. The molecule has 12 nitrogen and oxygen atoms in total. The lowest BCUT2D eigenvalue weighted by atomic mass is 10.1. The number of carbonyl (C=O) groups is 5. The van der Waals surface area contributed by atoms with E-state index in [2.05, 4.69) is 16.0 Å². The number of amides is 4. The number of carboxylic acid groups (broad SMARTS) is 1. The molecule has 29 heavy (non-hydrogen) atoms. The number of aliphatic carboxylic acids is 1. The van der Waals surface area contributed by atoms with Gasteiger partial charge in [0.2, 0.25) is 23.6 Å². The summed E-state index contributed by atoms with van der Waals surface area (Å²) in [7, 11) is 0. The summed E-state index contributed by atoms with van der Waals surface area (Å²) in [5, 5.41) is 25.1. The van der Waals surface area contributed by atoms with Gasteiger partial charge >= 0.3 is 5.97 Å². The largest absolute Gasteiger partial charge is 0.480 e. The average molecular weight is 436 g/mol. The number of carbonyl (C=O) groups excluding carboxylic acids is 4. The van der Waals surface area contributed by atoms with Crippen LogP contribution in [0.15, 0.2) is 0 Å². The monoisotopic (exact) mass is 435 g/mol. The van der Waals surface area contributed by atoms with Crippen molar-refractivity contribution in [2.75, 3.05) is 18.6 Å². The van der Waals surface area contributed by atoms with Gasteiger partial charge in [-0.05, 0) is 31.8 Å². The van der Waals surface area contributed by atoms with Gasteiger partial charge in [0.25, 0.3) is 0 Å². The molecule has 166 valence electrons. The normalized spacial score (nSPS) is 14.8. The van der Waals surface area contributed by atoms with E-state index in [0.29, 0.717) is 5.75 Å². The van der Waals surface area contributed by atoms with E-state index < -0.39 is 60.4 Å². The van der Waals surface area contributed by atoms with E-state index in [4.69, 9.17) is 16.6 Å². The van der Waals surface area contributed by atoms with Crippen molar-refractivity contribution in [3.05, 3.63) is 0 Å². The zero-order chi connectivity index (χ0) is 22.6. The Morgan fingerprint density at radius 1 is 1.00 bits per heavy atom. The molecule has 0 spiro atoms. The summed E-state index contributed by atoms with van der Waals surface area (Å²) in [5.41, 5.74) is 10.6. The van der Waals surface area contributed by atoms with Crippen LogP contribution in [-0.2, 0) is 24.0 Å². The molecule has 0 saturated heterocycles. The Hall–Kier alpha value is -2.38. The molecule has 13 heteroatoms. The van der Waals surface area contributed by atoms with Gasteiger partial charge < -0.3 is 37.6 Å². The number of hydrogen-bond acceptors (Lipinski definition) is 8. The number of nitrogens with one attached hydrogen (secondary N) is 3. The zero-order valence-electron chi connectivity index (χ0n) is 16.3. The Balaban J connectivity index is 5.25. The minimum atomic E-state index is -1.30. The van der Waals surface area contributed by atoms with Crippen LogP contribution in [0, 0.1) is 0 Å². The highest BCUT2D eigenvalue weighted by Crippen LogP contribution is 2.05. The highest BCUT2D eigenvalue weighted by Gasteiger charge is 2.29. The Morgan fingerprint density at radius 3 is 2.03 bits per heavy atom. The maximum absolute atomic E-state index is 12.6. The Bertz CT molecular complexity index is 602. The number of rotatable bonds is 14. The molecule has 0 bridgehead atoms. The summed E-state index contributed by atoms with van der Waals surface area (Å²) in [6.07, 6.45) is 0.462. The second kappa shape index (κ2) is 13.7. The number of hydrogen-bond donors (Lipinski definition) is 7. The van der Waals surface area contributed by atoms with Crippen LogP contribution in [0.3, 0.4) is 0 Å². The van der Waals surface area contributed by atoms with Crippen molar-refractivity contribution in [3.8, 4) is 0 Å². The van der Waals surface area contributed by atoms with Crippen molar-refractivity contribution in [1.82, 2.24) is 16.0 Å². The number of nitrogens with two attached hydrogens (primary N) is 2. The molecule has 0 aromatic heterocycles. The van der Waals surface area contributed by atoms with Gasteiger partial charge in [0.15, 0.2) is 0 Å². The first-order valence-corrected chi connectivity index (χ1v) is 10.2. The summed E-state index contributed by atoms with van der Waals surface area (Å²) in [6, 6.07) is -3.58. The van der Waals surface area contributed by atoms with E-state index in [0.717, 1.165) is 0 Å². The molecule has 0 aromatic rings. The molecule has 0 saturated carbocycles. The highest BCUT2D eigenvalue weighted by molar-refractivity contribution is 7.98. The molecular weight excluding hydrogens is 406 g/mol. The third-order valence-corrected chi connectivity index (χ3v) is 4.44. The predicted octanol–water partition coefficient (Wildman–Crippen LogP) is -3.12. The molecule has 0 aliphatic carbocycles. The molecule has 4 atom stereocenters. The molecule has 0 radical (unpaired) electrons. The van der Waals surface area contributed by atoms with Gasteiger partial charge in [0, 0.05) is 6.42 Å². The van der Waals surface area contributed by atoms with E-state index in [1.54, 1.807) is 6.26 Å². The second-order valence-corrected chi connectivity index (χ2v) is 7.27. The minimum absolute atomic E-state index is 0.147. The van der Waals surface area contributed by atoms with Gasteiger partial charge in [-0.1, -0.05) is 0 Å². The molecule has 4 amide bonds. The molecule has 0 fully saturated rings. The van der Waals surface area contributed by atoms with Crippen molar-refractivity contribution in [3.63, 3.8) is 0 Å². The van der Waals surface area contributed by atoms with E-state index in [9.17, 15) is 29.1 Å². The quantitative estimate of drug-likeness (QED) is 0.147. The standard InChI is InChI=1S/C16H29N5O7S/c1-8(22)13(18)16(28)21-9(3-4-11(17)23)15(27)20-10(5-6-29-2)14(26)19-7-12(24)25/h8-10,13,22H,3-7,18H2,1-2H3,(H2,17,23)(H,19,26)(H,20,27)(H,21,28)(H,24,25). The lowest BCUT2D eigenvalue weighted by molar-refractivity contribution is -0.138. The van der Waals surface area contributed by atoms with Crippen LogP contribution in [0.4, 0.5) is 0 Å². The number of thioether (sulfide) groups is 1. The smallest absolute Gasteiger partial charge is 0.322 e. The van der Waals surface area contributed by atoms with Crippen LogP contribution in [0.1, 0.15) is 26.2 Å². The highest BCUT2D eigenvalue weighted by atomic mass is 32.2. The van der Waals surface area contributed by atoms with Crippen molar-refractivity contribution in [1.29, 1.82) is 0 Å². The lowest BCUT2D eigenvalue weighted by Gasteiger charge is -2.24. The third kappa shape index (κ3) is 11.3. The predicted molar refractivity (Wildman–Crippen MR) is 106 cm³/mol. The van der Waals surface area contributed by atoms with E-state index in [1.807, 2.05) is 0 Å². The van der Waals surface area contributed by atoms with Crippen LogP contribution >= 0.6 is 11.8 Å². The number of carboxylic acids is 1. The van der Waals surface area contributed by atoms with Crippen LogP contribution in [0.5, 0.6) is 0 Å². The summed E-state index contributed by atoms with van der Waals surface area (Å²) >= 11 is 1.42. The number of aliphatic hydroxyl groups excluding tert-OH is 1. The maximum atomic E-state index is 12.6. The average Bonchev–Trinajstić information content (AvgIpc) is 2.64. The Labute approximate surface area is 172 Å². The fourth-order valence-corrected chi connectivity index (χ4v) is 2.58. The van der Waals surface area contributed by atoms with Gasteiger partial charge in [-0.2, -0.15) is 11.8 Å². The van der Waals surface area contributed by atoms with Crippen LogP contribution in [0.25, 0.3) is 0 Å². The fourth-order valence-electron chi connectivity index (χ4n) is 2.11. The van der Waals surface area contributed by atoms with Crippen LogP contribution in [-0.4, -0.2) is 82.6 Å². The number of primary amides is 1. The number of aliphatic hydroxyl groups is 1. The first-order valence-electron chi connectivity index (χ1n) is 8.80. The van der Waals surface area contributed by atoms with Gasteiger partial charge in [0.1, 0.15) is 24.7 Å². The summed E-state index contributed by atoms with van der Waals surface area (Å²) < 4.78 is 0. The first-order chi connectivity index (χ1) is 13.5. The topological polar surface area (TPSA) is 214 Å². The summed E-state index contributed by atoms with van der Waals surface area (Å²) in [6.45, 7) is 0.684. The van der Waals surface area contributed by atoms with Gasteiger partial charge in [-0.15, -0.1) is 0 Å². The fraction of sp³-hybridized carbons (Fsp3) is 0.688. The summed E-state index contributed by atoms with van der Waals surface area (Å²) in [4.78, 5) is 58.6. The summed E-state index contributed by atoms with van der Waals surface area (Å²) in [5.74, 6) is -3.73. The molecule has 9 N–H and O–H groups in total. The van der Waals surface area contributed by atoms with Crippen molar-refractivity contribution in [2.24, 2.45) is 11.5 Å². The van der Waals surface area contributed by atoms with Crippen LogP contribution in [0.2, 0.25) is 0 Å². The van der Waals surface area contributed by atoms with Crippen LogP contribution < -0.4 is 27.4 Å². The van der Waals surface area contributed by atoms with E-state index >= 15 is 0 Å². The second-order valence-electron chi connectivity index (χ2n) is 6.29. The maximum Gasteiger partial charge on any atom is 0.322 e. The van der Waals surface area contributed by atoms with Crippen molar-refractivity contribution < 1.29 is 34.2 Å². The zero-order valence-corrected chi connectivity index (χ0v) is 17.2. The molecule has 0 heterocycles. The third-order valence-electron chi connectivity index (χ3n) is 3.79.